The molecule has 0 aliphatic carbocycles. The molecule has 1 aromatic carbocycles. The maximum absolute atomic E-state index is 12.3. The SMILES string of the molecule is CC(C)(C)n1ncc(COc2ccc(COCCF)cc2)c(Cl)c1=O. The number of halogens is 2. The van der Waals surface area contributed by atoms with Crippen LogP contribution in [0.2, 0.25) is 5.02 Å². The number of benzene rings is 1. The minimum Gasteiger partial charge on any atom is -0.489 e. The van der Waals surface area contributed by atoms with Crippen LogP contribution in [0.4, 0.5) is 4.39 Å². The van der Waals surface area contributed by atoms with Gasteiger partial charge in [-0.1, -0.05) is 23.7 Å². The molecule has 0 N–H and O–H groups in total. The van der Waals surface area contributed by atoms with E-state index in [1.807, 2.05) is 32.9 Å². The Hall–Kier alpha value is -1.92. The summed E-state index contributed by atoms with van der Waals surface area (Å²) in [6.07, 6.45) is 1.55. The molecule has 0 amide bonds. The average Bonchev–Trinajstić information content (AvgIpc) is 2.56. The van der Waals surface area contributed by atoms with Gasteiger partial charge in [0, 0.05) is 5.56 Å². The van der Waals surface area contributed by atoms with Gasteiger partial charge >= 0.3 is 0 Å². The summed E-state index contributed by atoms with van der Waals surface area (Å²) in [4.78, 5) is 12.3. The van der Waals surface area contributed by atoms with E-state index in [2.05, 4.69) is 5.10 Å². The average molecular weight is 369 g/mol. The summed E-state index contributed by atoms with van der Waals surface area (Å²) in [6, 6.07) is 7.24. The normalized spacial score (nSPS) is 11.6. The highest BCUT2D eigenvalue weighted by atomic mass is 35.5. The Morgan fingerprint density at radius 1 is 1.20 bits per heavy atom. The molecule has 5 nitrogen and oxygen atoms in total. The van der Waals surface area contributed by atoms with Crippen LogP contribution in [-0.4, -0.2) is 23.1 Å². The molecule has 0 saturated heterocycles. The molecular formula is C18H22ClFN2O3. The Labute approximate surface area is 151 Å². The fourth-order valence-electron chi connectivity index (χ4n) is 2.13. The van der Waals surface area contributed by atoms with Crippen molar-refractivity contribution in [3.05, 3.63) is 57.0 Å². The summed E-state index contributed by atoms with van der Waals surface area (Å²) < 4.78 is 24.1. The molecule has 7 heteroatoms. The number of rotatable bonds is 7. The first-order chi connectivity index (χ1) is 11.8. The Balaban J connectivity index is 2.02. The van der Waals surface area contributed by atoms with Crippen LogP contribution in [0.15, 0.2) is 35.3 Å². The van der Waals surface area contributed by atoms with Crippen LogP contribution >= 0.6 is 11.6 Å². The predicted molar refractivity (Wildman–Crippen MR) is 94.9 cm³/mol. The van der Waals surface area contributed by atoms with Crippen molar-refractivity contribution in [2.24, 2.45) is 0 Å². The van der Waals surface area contributed by atoms with E-state index in [9.17, 15) is 9.18 Å². The van der Waals surface area contributed by atoms with Gasteiger partial charge in [-0.05, 0) is 38.5 Å². The predicted octanol–water partition coefficient (Wildman–Crippen LogP) is 3.72. The molecule has 136 valence electrons. The zero-order chi connectivity index (χ0) is 18.4. The van der Waals surface area contributed by atoms with Crippen molar-refractivity contribution in [2.45, 2.75) is 39.5 Å². The molecule has 1 heterocycles. The lowest BCUT2D eigenvalue weighted by Crippen LogP contribution is -2.36. The van der Waals surface area contributed by atoms with E-state index in [4.69, 9.17) is 21.1 Å². The highest BCUT2D eigenvalue weighted by molar-refractivity contribution is 6.31. The van der Waals surface area contributed by atoms with Crippen molar-refractivity contribution in [2.75, 3.05) is 13.3 Å². The van der Waals surface area contributed by atoms with E-state index in [0.717, 1.165) is 5.56 Å². The minimum absolute atomic E-state index is 0.0872. The van der Waals surface area contributed by atoms with Gasteiger partial charge < -0.3 is 9.47 Å². The molecule has 1 aromatic heterocycles. The Bertz CT molecular complexity index is 754. The van der Waals surface area contributed by atoms with Gasteiger partial charge in [-0.15, -0.1) is 0 Å². The first kappa shape index (κ1) is 19.4. The minimum atomic E-state index is -0.496. The second-order valence-electron chi connectivity index (χ2n) is 6.55. The van der Waals surface area contributed by atoms with E-state index in [0.29, 0.717) is 17.9 Å². The molecule has 0 unspecified atom stereocenters. The molecule has 0 bridgehead atoms. The van der Waals surface area contributed by atoms with Crippen LogP contribution in [0.3, 0.4) is 0 Å². The van der Waals surface area contributed by atoms with Gasteiger partial charge in [-0.2, -0.15) is 5.10 Å². The summed E-state index contributed by atoms with van der Waals surface area (Å²) in [5.74, 6) is 0.630. The van der Waals surface area contributed by atoms with Gasteiger partial charge in [-0.3, -0.25) is 4.79 Å². The summed E-state index contributed by atoms with van der Waals surface area (Å²) in [6.45, 7) is 5.73. The second-order valence-corrected chi connectivity index (χ2v) is 6.92. The van der Waals surface area contributed by atoms with Gasteiger partial charge in [0.25, 0.3) is 5.56 Å². The number of alkyl halides is 1. The smallest absolute Gasteiger partial charge is 0.286 e. The number of ether oxygens (including phenoxy) is 2. The van der Waals surface area contributed by atoms with E-state index in [1.54, 1.807) is 18.3 Å². The zero-order valence-corrected chi connectivity index (χ0v) is 15.3. The maximum atomic E-state index is 12.3. The molecule has 0 atom stereocenters. The lowest BCUT2D eigenvalue weighted by molar-refractivity contribution is 0.106. The molecule has 0 aliphatic heterocycles. The molecule has 0 fully saturated rings. The fourth-order valence-corrected chi connectivity index (χ4v) is 2.32. The second kappa shape index (κ2) is 8.45. The van der Waals surface area contributed by atoms with Crippen LogP contribution in [-0.2, 0) is 23.5 Å². The lowest BCUT2D eigenvalue weighted by Gasteiger charge is -2.21. The van der Waals surface area contributed by atoms with E-state index >= 15 is 0 Å². The number of hydrogen-bond acceptors (Lipinski definition) is 4. The fraction of sp³-hybridized carbons (Fsp3) is 0.444. The maximum Gasteiger partial charge on any atom is 0.286 e. The molecule has 0 saturated carbocycles. The van der Waals surface area contributed by atoms with Crippen LogP contribution in [0.5, 0.6) is 5.75 Å². The molecule has 0 radical (unpaired) electrons. The van der Waals surface area contributed by atoms with Gasteiger partial charge in [0.05, 0.1) is 24.9 Å². The molecule has 2 aromatic rings. The Kier molecular flexibility index (Phi) is 6.56. The highest BCUT2D eigenvalue weighted by Crippen LogP contribution is 2.18. The summed E-state index contributed by atoms with van der Waals surface area (Å²) in [5, 5.41) is 4.28. The van der Waals surface area contributed by atoms with E-state index < -0.39 is 12.2 Å². The van der Waals surface area contributed by atoms with Crippen molar-refractivity contribution in [1.29, 1.82) is 0 Å². The Morgan fingerprint density at radius 3 is 2.48 bits per heavy atom. The highest BCUT2D eigenvalue weighted by Gasteiger charge is 2.19. The van der Waals surface area contributed by atoms with Gasteiger partial charge in [0.1, 0.15) is 24.1 Å². The van der Waals surface area contributed by atoms with Crippen LogP contribution in [0.25, 0.3) is 0 Å². The third-order valence-electron chi connectivity index (χ3n) is 3.43. The van der Waals surface area contributed by atoms with Gasteiger partial charge in [0.2, 0.25) is 0 Å². The van der Waals surface area contributed by atoms with E-state index in [1.165, 1.54) is 4.68 Å². The summed E-state index contributed by atoms with van der Waals surface area (Å²) in [5.41, 5.74) is 0.673. The zero-order valence-electron chi connectivity index (χ0n) is 14.6. The van der Waals surface area contributed by atoms with Gasteiger partial charge in [-0.25, -0.2) is 9.07 Å². The molecule has 0 spiro atoms. The first-order valence-electron chi connectivity index (χ1n) is 7.95. The third-order valence-corrected chi connectivity index (χ3v) is 3.84. The van der Waals surface area contributed by atoms with Crippen molar-refractivity contribution in [3.63, 3.8) is 0 Å². The first-order valence-corrected chi connectivity index (χ1v) is 8.33. The standard InChI is InChI=1S/C18H22ClFN2O3/c1-18(2,3)22-17(23)16(19)14(10-21-22)12-25-15-6-4-13(5-7-15)11-24-9-8-20/h4-7,10H,8-9,11-12H2,1-3H3. The molecular weight excluding hydrogens is 347 g/mol. The lowest BCUT2D eigenvalue weighted by atomic mass is 10.1. The Morgan fingerprint density at radius 2 is 1.88 bits per heavy atom. The molecule has 25 heavy (non-hydrogen) atoms. The summed E-state index contributed by atoms with van der Waals surface area (Å²) in [7, 11) is 0. The van der Waals surface area contributed by atoms with Crippen LogP contribution < -0.4 is 10.3 Å². The largest absolute Gasteiger partial charge is 0.489 e. The molecule has 2 rings (SSSR count). The number of aromatic nitrogens is 2. The van der Waals surface area contributed by atoms with Crippen LogP contribution in [0.1, 0.15) is 31.9 Å². The number of nitrogens with zero attached hydrogens (tertiary/aromatic N) is 2. The van der Waals surface area contributed by atoms with Crippen molar-refractivity contribution < 1.29 is 13.9 Å². The van der Waals surface area contributed by atoms with Gasteiger partial charge in [0.15, 0.2) is 0 Å². The topological polar surface area (TPSA) is 53.4 Å². The van der Waals surface area contributed by atoms with Crippen molar-refractivity contribution in [3.8, 4) is 5.75 Å². The monoisotopic (exact) mass is 368 g/mol. The van der Waals surface area contributed by atoms with Crippen LogP contribution in [0, 0.1) is 0 Å². The van der Waals surface area contributed by atoms with Crippen molar-refractivity contribution >= 4 is 11.6 Å². The molecule has 0 aliphatic rings. The summed E-state index contributed by atoms with van der Waals surface area (Å²) >= 11 is 6.17. The third kappa shape index (κ3) is 5.28. The van der Waals surface area contributed by atoms with Crippen molar-refractivity contribution in [1.82, 2.24) is 9.78 Å². The van der Waals surface area contributed by atoms with E-state index in [-0.39, 0.29) is 23.8 Å². The number of hydrogen-bond donors (Lipinski definition) is 0. The quantitative estimate of drug-likeness (QED) is 0.699.